The number of carbonyl (C=O) groups is 2. The fraction of sp³-hybridized carbons (Fsp3) is 0.909. The third-order valence-electron chi connectivity index (χ3n) is 8.56. The Morgan fingerprint density at radius 1 is 0.741 bits per heavy atom. The van der Waals surface area contributed by atoms with Crippen molar-refractivity contribution in [1.29, 1.82) is 0 Å². The van der Waals surface area contributed by atoms with Crippen LogP contribution in [0.1, 0.15) is 58.3 Å². The van der Waals surface area contributed by atoms with Gasteiger partial charge >= 0.3 is 0 Å². The summed E-state index contributed by atoms with van der Waals surface area (Å²) in [7, 11) is 0. The maximum absolute atomic E-state index is 13.0. The van der Waals surface area contributed by atoms with Crippen molar-refractivity contribution in [2.75, 3.05) is 39.3 Å². The average molecular weight is 374 g/mol. The minimum atomic E-state index is 0.131. The third-order valence-corrected chi connectivity index (χ3v) is 8.56. The summed E-state index contributed by atoms with van der Waals surface area (Å²) in [5.41, 5.74) is 0.483. The molecule has 27 heavy (non-hydrogen) atoms. The first-order chi connectivity index (χ1) is 13.0. The van der Waals surface area contributed by atoms with Crippen LogP contribution in [0.3, 0.4) is 0 Å². The van der Waals surface area contributed by atoms with E-state index in [1.54, 1.807) is 6.92 Å². The van der Waals surface area contributed by atoms with Crippen molar-refractivity contribution in [3.05, 3.63) is 0 Å². The maximum Gasteiger partial charge on any atom is 0.225 e. The van der Waals surface area contributed by atoms with Crippen molar-refractivity contribution in [3.8, 4) is 0 Å². The van der Waals surface area contributed by atoms with Gasteiger partial charge in [-0.15, -0.1) is 0 Å². The molecule has 150 valence electrons. The number of piperazine rings is 1. The van der Waals surface area contributed by atoms with E-state index in [0.717, 1.165) is 69.9 Å². The van der Waals surface area contributed by atoms with Gasteiger partial charge in [0.25, 0.3) is 0 Å². The van der Waals surface area contributed by atoms with E-state index in [-0.39, 0.29) is 11.8 Å². The highest BCUT2D eigenvalue weighted by Gasteiger charge is 2.53. The lowest BCUT2D eigenvalue weighted by atomic mass is 9.52. The lowest BCUT2D eigenvalue weighted by Gasteiger charge is -2.61. The Balaban J connectivity index is 1.16. The Labute approximate surface area is 163 Å². The zero-order valence-corrected chi connectivity index (χ0v) is 16.9. The molecule has 2 amide bonds. The molecule has 6 rings (SSSR count). The van der Waals surface area contributed by atoms with Crippen LogP contribution >= 0.6 is 0 Å². The van der Waals surface area contributed by atoms with Crippen LogP contribution in [0.15, 0.2) is 0 Å². The van der Waals surface area contributed by atoms with Crippen LogP contribution in [0, 0.1) is 23.7 Å². The molecule has 5 nitrogen and oxygen atoms in total. The van der Waals surface area contributed by atoms with Crippen molar-refractivity contribution in [3.63, 3.8) is 0 Å². The molecule has 0 spiro atoms. The van der Waals surface area contributed by atoms with Crippen molar-refractivity contribution in [2.24, 2.45) is 23.7 Å². The summed E-state index contributed by atoms with van der Waals surface area (Å²) < 4.78 is 0. The average Bonchev–Trinajstić information content (AvgIpc) is 2.66. The lowest BCUT2D eigenvalue weighted by Crippen LogP contribution is -2.64. The van der Waals surface area contributed by atoms with E-state index in [1.807, 2.05) is 4.90 Å². The molecule has 2 aliphatic heterocycles. The van der Waals surface area contributed by atoms with Gasteiger partial charge < -0.3 is 9.80 Å². The van der Waals surface area contributed by atoms with Gasteiger partial charge in [-0.05, 0) is 69.1 Å². The van der Waals surface area contributed by atoms with E-state index in [0.29, 0.717) is 11.4 Å². The van der Waals surface area contributed by atoms with Gasteiger partial charge in [0, 0.05) is 57.6 Å². The third kappa shape index (κ3) is 3.20. The second kappa shape index (κ2) is 6.75. The molecule has 4 bridgehead atoms. The van der Waals surface area contributed by atoms with E-state index in [2.05, 4.69) is 9.80 Å². The minimum absolute atomic E-state index is 0.131. The molecule has 0 atom stereocenters. The first kappa shape index (κ1) is 18.0. The predicted octanol–water partition coefficient (Wildman–Crippen LogP) is 2.36. The van der Waals surface area contributed by atoms with Crippen molar-refractivity contribution in [1.82, 2.24) is 14.7 Å². The molecule has 4 aliphatic carbocycles. The molecule has 4 saturated carbocycles. The summed E-state index contributed by atoms with van der Waals surface area (Å²) in [4.78, 5) is 31.3. The molecule has 6 aliphatic rings. The van der Waals surface area contributed by atoms with Crippen molar-refractivity contribution >= 4 is 11.8 Å². The molecule has 0 radical (unpaired) electrons. The largest absolute Gasteiger partial charge is 0.343 e. The van der Waals surface area contributed by atoms with Gasteiger partial charge in [-0.2, -0.15) is 0 Å². The van der Waals surface area contributed by atoms with Gasteiger partial charge in [0.05, 0.1) is 0 Å². The van der Waals surface area contributed by atoms with Crippen LogP contribution in [-0.2, 0) is 9.59 Å². The summed E-state index contributed by atoms with van der Waals surface area (Å²) >= 11 is 0. The van der Waals surface area contributed by atoms with Crippen LogP contribution in [-0.4, -0.2) is 71.3 Å². The summed E-state index contributed by atoms with van der Waals surface area (Å²) in [6, 6.07) is 0. The molecular weight excluding hydrogens is 338 g/mol. The van der Waals surface area contributed by atoms with Crippen LogP contribution < -0.4 is 0 Å². The van der Waals surface area contributed by atoms with E-state index in [1.165, 1.54) is 38.5 Å². The van der Waals surface area contributed by atoms with Gasteiger partial charge in [0.15, 0.2) is 0 Å². The van der Waals surface area contributed by atoms with Gasteiger partial charge in [-0.1, -0.05) is 0 Å². The number of nitrogens with zero attached hydrogens (tertiary/aromatic N) is 3. The molecule has 2 heterocycles. The second-order valence-corrected chi connectivity index (χ2v) is 10.2. The van der Waals surface area contributed by atoms with Gasteiger partial charge in [0.1, 0.15) is 0 Å². The Morgan fingerprint density at radius 2 is 1.26 bits per heavy atom. The zero-order valence-electron chi connectivity index (χ0n) is 16.9. The van der Waals surface area contributed by atoms with Crippen LogP contribution in [0.5, 0.6) is 0 Å². The normalized spacial score (nSPS) is 39.8. The fourth-order valence-electron chi connectivity index (χ4n) is 7.55. The summed E-state index contributed by atoms with van der Waals surface area (Å²) in [5, 5.41) is 0. The van der Waals surface area contributed by atoms with Crippen LogP contribution in [0.4, 0.5) is 0 Å². The summed E-state index contributed by atoms with van der Waals surface area (Å²) in [5.74, 6) is 3.59. The Hall–Kier alpha value is -1.10. The molecule has 0 unspecified atom stereocenters. The highest BCUT2D eigenvalue weighted by atomic mass is 16.2. The number of carbonyl (C=O) groups excluding carboxylic acids is 2. The van der Waals surface area contributed by atoms with Crippen LogP contribution in [0.2, 0.25) is 0 Å². The predicted molar refractivity (Wildman–Crippen MR) is 104 cm³/mol. The highest BCUT2D eigenvalue weighted by Crippen LogP contribution is 2.57. The quantitative estimate of drug-likeness (QED) is 0.746. The number of rotatable bonds is 2. The van der Waals surface area contributed by atoms with Crippen molar-refractivity contribution in [2.45, 2.75) is 63.8 Å². The molecule has 0 aromatic heterocycles. The molecule has 6 fully saturated rings. The zero-order chi connectivity index (χ0) is 18.6. The van der Waals surface area contributed by atoms with E-state index in [9.17, 15) is 9.59 Å². The Morgan fingerprint density at radius 3 is 1.74 bits per heavy atom. The molecule has 2 saturated heterocycles. The number of likely N-dealkylation sites (tertiary alicyclic amines) is 1. The van der Waals surface area contributed by atoms with Gasteiger partial charge in [-0.25, -0.2) is 0 Å². The minimum Gasteiger partial charge on any atom is -0.343 e. The summed E-state index contributed by atoms with van der Waals surface area (Å²) in [6.07, 6.45) is 10.5. The Bertz CT molecular complexity index is 567. The first-order valence-electron chi connectivity index (χ1n) is 11.3. The summed E-state index contributed by atoms with van der Waals surface area (Å²) in [6.45, 7) is 7.10. The standard InChI is InChI=1S/C22H35N3O2/c1-16(26)23-4-2-20(3-5-23)21(27)24-6-8-25(9-7-24)22-13-17-10-18(14-22)12-19(11-17)15-22/h17-20H,2-15H2,1H3. The topological polar surface area (TPSA) is 43.9 Å². The monoisotopic (exact) mass is 373 g/mol. The van der Waals surface area contributed by atoms with Crippen LogP contribution in [0.25, 0.3) is 0 Å². The number of hydrogen-bond acceptors (Lipinski definition) is 3. The van der Waals surface area contributed by atoms with E-state index in [4.69, 9.17) is 0 Å². The number of piperidine rings is 1. The van der Waals surface area contributed by atoms with E-state index < -0.39 is 0 Å². The number of amides is 2. The number of hydrogen-bond donors (Lipinski definition) is 0. The highest BCUT2D eigenvalue weighted by molar-refractivity contribution is 5.80. The molecular formula is C22H35N3O2. The van der Waals surface area contributed by atoms with Gasteiger partial charge in [-0.3, -0.25) is 14.5 Å². The first-order valence-corrected chi connectivity index (χ1v) is 11.3. The second-order valence-electron chi connectivity index (χ2n) is 10.2. The van der Waals surface area contributed by atoms with Gasteiger partial charge in [0.2, 0.25) is 11.8 Å². The van der Waals surface area contributed by atoms with E-state index >= 15 is 0 Å². The SMILES string of the molecule is CC(=O)N1CCC(C(=O)N2CCN(C34CC5CC(CC(C5)C3)C4)CC2)CC1. The molecule has 0 N–H and O–H groups in total. The molecule has 0 aromatic carbocycles. The molecule has 5 heteroatoms. The maximum atomic E-state index is 13.0. The van der Waals surface area contributed by atoms with Crippen molar-refractivity contribution < 1.29 is 9.59 Å². The Kier molecular flexibility index (Phi) is 4.49. The lowest BCUT2D eigenvalue weighted by molar-refractivity contribution is -0.145. The smallest absolute Gasteiger partial charge is 0.225 e. The molecule has 0 aromatic rings. The fourth-order valence-corrected chi connectivity index (χ4v) is 7.55.